The molecule has 20 heavy (non-hydrogen) atoms. The number of hydrogen-bond acceptors (Lipinski definition) is 3. The minimum absolute atomic E-state index is 0.0209. The number of carbonyl (C=O) groups excluding carboxylic acids is 3. The summed E-state index contributed by atoms with van der Waals surface area (Å²) in [4.78, 5) is 36.4. The summed E-state index contributed by atoms with van der Waals surface area (Å²) in [5.41, 5.74) is 6.01. The quantitative estimate of drug-likeness (QED) is 0.783. The summed E-state index contributed by atoms with van der Waals surface area (Å²) < 4.78 is 0. The molecule has 6 heteroatoms. The summed E-state index contributed by atoms with van der Waals surface area (Å²) >= 11 is 0. The number of nitrogens with one attached hydrogen (secondary N) is 2. The first kappa shape index (κ1) is 14.0. The number of hydrazine groups is 1. The topological polar surface area (TPSA) is 78.5 Å². The SMILES string of the molecule is Cc1ccccc1C(=O)NNC(=O)CN1CCCC1=O. The first-order chi connectivity index (χ1) is 9.58. The van der Waals surface area contributed by atoms with Gasteiger partial charge in [-0.2, -0.15) is 0 Å². The van der Waals surface area contributed by atoms with Crippen molar-refractivity contribution in [1.82, 2.24) is 15.8 Å². The van der Waals surface area contributed by atoms with E-state index in [9.17, 15) is 14.4 Å². The van der Waals surface area contributed by atoms with Gasteiger partial charge in [0.25, 0.3) is 11.8 Å². The van der Waals surface area contributed by atoms with Crippen LogP contribution in [0.2, 0.25) is 0 Å². The first-order valence-electron chi connectivity index (χ1n) is 6.50. The zero-order valence-corrected chi connectivity index (χ0v) is 11.3. The van der Waals surface area contributed by atoms with E-state index in [4.69, 9.17) is 0 Å². The van der Waals surface area contributed by atoms with E-state index in [2.05, 4.69) is 10.9 Å². The standard InChI is InChI=1S/C14H17N3O3/c1-10-5-2-3-6-11(10)14(20)16-15-12(18)9-17-8-4-7-13(17)19/h2-3,5-6H,4,7-9H2,1H3,(H,15,18)(H,16,20). The lowest BCUT2D eigenvalue weighted by atomic mass is 10.1. The summed E-state index contributed by atoms with van der Waals surface area (Å²) in [6.45, 7) is 2.39. The van der Waals surface area contributed by atoms with E-state index in [1.807, 2.05) is 19.1 Å². The average Bonchev–Trinajstić information content (AvgIpc) is 2.82. The molecule has 2 N–H and O–H groups in total. The highest BCUT2D eigenvalue weighted by Gasteiger charge is 2.22. The zero-order valence-electron chi connectivity index (χ0n) is 11.3. The van der Waals surface area contributed by atoms with Crippen LogP contribution in [-0.2, 0) is 9.59 Å². The van der Waals surface area contributed by atoms with E-state index in [0.717, 1.165) is 12.0 Å². The van der Waals surface area contributed by atoms with Crippen molar-refractivity contribution in [1.29, 1.82) is 0 Å². The Morgan fingerprint density at radius 1 is 1.25 bits per heavy atom. The van der Waals surface area contributed by atoms with E-state index in [1.165, 1.54) is 4.90 Å². The van der Waals surface area contributed by atoms with Crippen LogP contribution in [-0.4, -0.2) is 35.7 Å². The second kappa shape index (κ2) is 6.18. The lowest BCUT2D eigenvalue weighted by Crippen LogP contribution is -2.46. The van der Waals surface area contributed by atoms with Crippen molar-refractivity contribution in [2.75, 3.05) is 13.1 Å². The van der Waals surface area contributed by atoms with Gasteiger partial charge in [-0.1, -0.05) is 18.2 Å². The highest BCUT2D eigenvalue weighted by Crippen LogP contribution is 2.08. The number of hydrogen-bond donors (Lipinski definition) is 2. The van der Waals surface area contributed by atoms with Gasteiger partial charge in [-0.15, -0.1) is 0 Å². The van der Waals surface area contributed by atoms with Gasteiger partial charge in [0.15, 0.2) is 0 Å². The minimum Gasteiger partial charge on any atom is -0.333 e. The number of nitrogens with zero attached hydrogens (tertiary/aromatic N) is 1. The number of likely N-dealkylation sites (tertiary alicyclic amines) is 1. The molecule has 106 valence electrons. The molecular weight excluding hydrogens is 258 g/mol. The van der Waals surface area contributed by atoms with Crippen LogP contribution in [0.25, 0.3) is 0 Å². The van der Waals surface area contributed by atoms with Crippen LogP contribution in [0.15, 0.2) is 24.3 Å². The molecule has 6 nitrogen and oxygen atoms in total. The molecule has 2 rings (SSSR count). The van der Waals surface area contributed by atoms with Gasteiger partial charge in [-0.3, -0.25) is 25.2 Å². The molecule has 1 aromatic rings. The Hall–Kier alpha value is -2.37. The van der Waals surface area contributed by atoms with Crippen molar-refractivity contribution in [3.8, 4) is 0 Å². The number of rotatable bonds is 3. The van der Waals surface area contributed by atoms with Gasteiger partial charge in [-0.25, -0.2) is 0 Å². The molecule has 3 amide bonds. The molecular formula is C14H17N3O3. The lowest BCUT2D eigenvalue weighted by Gasteiger charge is -2.15. The van der Waals surface area contributed by atoms with Crippen molar-refractivity contribution >= 4 is 17.7 Å². The minimum atomic E-state index is -0.401. The number of benzene rings is 1. The van der Waals surface area contributed by atoms with E-state index >= 15 is 0 Å². The second-order valence-corrected chi connectivity index (χ2v) is 4.74. The smallest absolute Gasteiger partial charge is 0.269 e. The molecule has 0 radical (unpaired) electrons. The Balaban J connectivity index is 1.83. The Bertz CT molecular complexity index is 542. The molecule has 0 aromatic heterocycles. The maximum atomic E-state index is 11.9. The molecule has 1 saturated heterocycles. The number of aryl methyl sites for hydroxylation is 1. The summed E-state index contributed by atoms with van der Waals surface area (Å²) in [5, 5.41) is 0. The fourth-order valence-electron chi connectivity index (χ4n) is 2.11. The van der Waals surface area contributed by atoms with Crippen molar-refractivity contribution in [3.63, 3.8) is 0 Å². The third-order valence-corrected chi connectivity index (χ3v) is 3.21. The van der Waals surface area contributed by atoms with Crippen molar-refractivity contribution in [2.24, 2.45) is 0 Å². The average molecular weight is 275 g/mol. The molecule has 0 atom stereocenters. The first-order valence-corrected chi connectivity index (χ1v) is 6.50. The molecule has 1 aliphatic rings. The van der Waals surface area contributed by atoms with Crippen molar-refractivity contribution < 1.29 is 14.4 Å². The Morgan fingerprint density at radius 2 is 2.00 bits per heavy atom. The van der Waals surface area contributed by atoms with Crippen LogP contribution in [0.1, 0.15) is 28.8 Å². The molecule has 1 heterocycles. The van der Waals surface area contributed by atoms with Gasteiger partial charge >= 0.3 is 0 Å². The fourth-order valence-corrected chi connectivity index (χ4v) is 2.11. The monoisotopic (exact) mass is 275 g/mol. The maximum absolute atomic E-state index is 11.9. The molecule has 0 unspecified atom stereocenters. The zero-order chi connectivity index (χ0) is 14.5. The molecule has 1 aromatic carbocycles. The summed E-state index contributed by atoms with van der Waals surface area (Å²) in [6.07, 6.45) is 1.27. The molecule has 0 bridgehead atoms. The van der Waals surface area contributed by atoms with Crippen LogP contribution in [0.4, 0.5) is 0 Å². The predicted molar refractivity (Wildman–Crippen MR) is 72.6 cm³/mol. The third kappa shape index (κ3) is 3.34. The molecule has 1 fully saturated rings. The van der Waals surface area contributed by atoms with Crippen LogP contribution < -0.4 is 10.9 Å². The fraction of sp³-hybridized carbons (Fsp3) is 0.357. The Labute approximate surface area is 117 Å². The van der Waals surface area contributed by atoms with Gasteiger partial charge in [0.05, 0.1) is 0 Å². The van der Waals surface area contributed by atoms with Crippen molar-refractivity contribution in [3.05, 3.63) is 35.4 Å². The van der Waals surface area contributed by atoms with Crippen LogP contribution >= 0.6 is 0 Å². The Morgan fingerprint density at radius 3 is 2.65 bits per heavy atom. The van der Waals surface area contributed by atoms with Crippen LogP contribution in [0.3, 0.4) is 0 Å². The van der Waals surface area contributed by atoms with Gasteiger partial charge in [0.2, 0.25) is 5.91 Å². The van der Waals surface area contributed by atoms with E-state index in [-0.39, 0.29) is 18.4 Å². The second-order valence-electron chi connectivity index (χ2n) is 4.74. The summed E-state index contributed by atoms with van der Waals surface area (Å²) in [6, 6.07) is 7.09. The highest BCUT2D eigenvalue weighted by molar-refractivity contribution is 5.97. The van der Waals surface area contributed by atoms with Crippen molar-refractivity contribution in [2.45, 2.75) is 19.8 Å². The highest BCUT2D eigenvalue weighted by atomic mass is 16.2. The van der Waals surface area contributed by atoms with Gasteiger partial charge in [0, 0.05) is 18.5 Å². The molecule has 1 aliphatic heterocycles. The van der Waals surface area contributed by atoms with Gasteiger partial charge in [-0.05, 0) is 25.0 Å². The van der Waals surface area contributed by atoms with Crippen LogP contribution in [0, 0.1) is 6.92 Å². The van der Waals surface area contributed by atoms with E-state index < -0.39 is 5.91 Å². The Kier molecular flexibility index (Phi) is 4.34. The normalized spacial score (nSPS) is 14.2. The summed E-state index contributed by atoms with van der Waals surface area (Å²) in [5.74, 6) is -0.795. The summed E-state index contributed by atoms with van der Waals surface area (Å²) in [7, 11) is 0. The molecule has 0 aliphatic carbocycles. The maximum Gasteiger partial charge on any atom is 0.269 e. The van der Waals surface area contributed by atoms with E-state index in [0.29, 0.717) is 18.5 Å². The third-order valence-electron chi connectivity index (χ3n) is 3.21. The molecule has 0 spiro atoms. The van der Waals surface area contributed by atoms with Gasteiger partial charge < -0.3 is 4.90 Å². The van der Waals surface area contributed by atoms with Crippen LogP contribution in [0.5, 0.6) is 0 Å². The largest absolute Gasteiger partial charge is 0.333 e. The number of amides is 3. The lowest BCUT2D eigenvalue weighted by molar-refractivity contribution is -0.133. The number of carbonyl (C=O) groups is 3. The molecule has 0 saturated carbocycles. The van der Waals surface area contributed by atoms with Gasteiger partial charge in [0.1, 0.15) is 6.54 Å². The van der Waals surface area contributed by atoms with E-state index in [1.54, 1.807) is 12.1 Å². The predicted octanol–water partition coefficient (Wildman–Crippen LogP) is 0.378.